The maximum Gasteiger partial charge on any atom is 0.303 e. The minimum absolute atomic E-state index is 0.0177. The number of hydrogen-bond acceptors (Lipinski definition) is 3. The topological polar surface area (TPSA) is 75.6 Å². The number of aliphatic carboxylic acids is 1. The van der Waals surface area contributed by atoms with Gasteiger partial charge in [0.15, 0.2) is 0 Å². The molecule has 2 N–H and O–H groups in total. The van der Waals surface area contributed by atoms with Crippen LogP contribution in [0.5, 0.6) is 0 Å². The Morgan fingerprint density at radius 3 is 2.42 bits per heavy atom. The van der Waals surface area contributed by atoms with Gasteiger partial charge in [0.1, 0.15) is 6.61 Å². The number of carbonyl (C=O) groups is 2. The number of benzene rings is 1. The second-order valence-corrected chi connectivity index (χ2v) is 4.50. The fourth-order valence-corrected chi connectivity index (χ4v) is 1.45. The Balaban J connectivity index is 2.43. The van der Waals surface area contributed by atoms with Gasteiger partial charge in [0, 0.05) is 12.1 Å². The molecule has 1 rings (SSSR count). The minimum atomic E-state index is -0.816. The first-order valence-electron chi connectivity index (χ1n) is 6.19. The van der Waals surface area contributed by atoms with Crippen LogP contribution in [-0.2, 0) is 20.7 Å². The maximum atomic E-state index is 11.5. The van der Waals surface area contributed by atoms with Crippen LogP contribution in [0.2, 0.25) is 0 Å². The summed E-state index contributed by atoms with van der Waals surface area (Å²) >= 11 is 0. The van der Waals surface area contributed by atoms with Gasteiger partial charge < -0.3 is 15.2 Å². The van der Waals surface area contributed by atoms with E-state index in [2.05, 4.69) is 5.32 Å². The molecule has 0 atom stereocenters. The molecular formula is C14H19NO4. The standard InChI is InChI=1S/C14H19NO4/c1-10(2)19-9-13(16)15-12-6-3-11(4-7-12)5-8-14(17)18/h3-4,6-7,10H,5,8-9H2,1-2H3,(H,15,16)(H,17,18). The highest BCUT2D eigenvalue weighted by molar-refractivity contribution is 5.91. The lowest BCUT2D eigenvalue weighted by molar-refractivity contribution is -0.137. The SMILES string of the molecule is CC(C)OCC(=O)Nc1ccc(CCC(=O)O)cc1. The second kappa shape index (κ2) is 7.53. The molecule has 0 saturated carbocycles. The van der Waals surface area contributed by atoms with Gasteiger partial charge in [-0.2, -0.15) is 0 Å². The van der Waals surface area contributed by atoms with Crippen LogP contribution in [0.15, 0.2) is 24.3 Å². The molecule has 0 bridgehead atoms. The quantitative estimate of drug-likeness (QED) is 0.791. The van der Waals surface area contributed by atoms with Crippen LogP contribution in [0.4, 0.5) is 5.69 Å². The van der Waals surface area contributed by atoms with Gasteiger partial charge in [-0.25, -0.2) is 0 Å². The summed E-state index contributed by atoms with van der Waals surface area (Å²) in [5.41, 5.74) is 1.61. The van der Waals surface area contributed by atoms with Crippen molar-refractivity contribution >= 4 is 17.6 Å². The zero-order chi connectivity index (χ0) is 14.3. The van der Waals surface area contributed by atoms with Gasteiger partial charge in [0.2, 0.25) is 5.91 Å². The van der Waals surface area contributed by atoms with Crippen LogP contribution < -0.4 is 5.32 Å². The Morgan fingerprint density at radius 2 is 1.89 bits per heavy atom. The number of hydrogen-bond donors (Lipinski definition) is 2. The van der Waals surface area contributed by atoms with Gasteiger partial charge in [0.25, 0.3) is 0 Å². The van der Waals surface area contributed by atoms with Gasteiger partial charge in [-0.15, -0.1) is 0 Å². The molecule has 0 aliphatic heterocycles. The highest BCUT2D eigenvalue weighted by atomic mass is 16.5. The van der Waals surface area contributed by atoms with Crippen LogP contribution >= 0.6 is 0 Å². The van der Waals surface area contributed by atoms with Crippen LogP contribution in [0.3, 0.4) is 0 Å². The highest BCUT2D eigenvalue weighted by Gasteiger charge is 2.04. The minimum Gasteiger partial charge on any atom is -0.481 e. The van der Waals surface area contributed by atoms with E-state index in [1.807, 2.05) is 26.0 Å². The lowest BCUT2D eigenvalue weighted by Gasteiger charge is -2.08. The second-order valence-electron chi connectivity index (χ2n) is 4.50. The van der Waals surface area contributed by atoms with Crippen LogP contribution in [0.1, 0.15) is 25.8 Å². The van der Waals surface area contributed by atoms with Crippen molar-refractivity contribution in [2.75, 3.05) is 11.9 Å². The third-order valence-corrected chi connectivity index (χ3v) is 2.41. The van der Waals surface area contributed by atoms with E-state index < -0.39 is 5.97 Å². The number of anilines is 1. The molecule has 0 saturated heterocycles. The van der Waals surface area contributed by atoms with Gasteiger partial charge in [-0.1, -0.05) is 12.1 Å². The molecule has 0 aliphatic rings. The van der Waals surface area contributed by atoms with Crippen LogP contribution in [0, 0.1) is 0 Å². The Morgan fingerprint density at radius 1 is 1.26 bits per heavy atom. The smallest absolute Gasteiger partial charge is 0.303 e. The third-order valence-electron chi connectivity index (χ3n) is 2.41. The molecule has 0 spiro atoms. The van der Waals surface area contributed by atoms with Gasteiger partial charge >= 0.3 is 5.97 Å². The van der Waals surface area contributed by atoms with Gasteiger partial charge in [-0.3, -0.25) is 9.59 Å². The zero-order valence-electron chi connectivity index (χ0n) is 11.2. The lowest BCUT2D eigenvalue weighted by Crippen LogP contribution is -2.20. The fraction of sp³-hybridized carbons (Fsp3) is 0.429. The molecule has 1 amide bonds. The zero-order valence-corrected chi connectivity index (χ0v) is 11.2. The summed E-state index contributed by atoms with van der Waals surface area (Å²) in [6, 6.07) is 7.12. The number of rotatable bonds is 7. The summed E-state index contributed by atoms with van der Waals surface area (Å²) in [5.74, 6) is -1.02. The van der Waals surface area contributed by atoms with E-state index >= 15 is 0 Å². The molecule has 5 nitrogen and oxygen atoms in total. The molecule has 0 aliphatic carbocycles. The first kappa shape index (κ1) is 15.2. The van der Waals surface area contributed by atoms with E-state index in [4.69, 9.17) is 9.84 Å². The van der Waals surface area contributed by atoms with Crippen molar-refractivity contribution in [1.29, 1.82) is 0 Å². The Hall–Kier alpha value is -1.88. The van der Waals surface area contributed by atoms with Crippen molar-refractivity contribution in [3.8, 4) is 0 Å². The van der Waals surface area contributed by atoms with Crippen molar-refractivity contribution in [3.05, 3.63) is 29.8 Å². The molecule has 0 unspecified atom stereocenters. The van der Waals surface area contributed by atoms with Crippen LogP contribution in [-0.4, -0.2) is 29.7 Å². The van der Waals surface area contributed by atoms with E-state index in [0.717, 1.165) is 5.56 Å². The highest BCUT2D eigenvalue weighted by Crippen LogP contribution is 2.11. The molecule has 1 aromatic carbocycles. The molecule has 19 heavy (non-hydrogen) atoms. The van der Waals surface area contributed by atoms with E-state index in [-0.39, 0.29) is 25.0 Å². The van der Waals surface area contributed by atoms with E-state index in [9.17, 15) is 9.59 Å². The van der Waals surface area contributed by atoms with Gasteiger partial charge in [-0.05, 0) is 38.0 Å². The summed E-state index contributed by atoms with van der Waals surface area (Å²) < 4.78 is 5.19. The first-order chi connectivity index (χ1) is 8.97. The summed E-state index contributed by atoms with van der Waals surface area (Å²) in [6.45, 7) is 3.76. The largest absolute Gasteiger partial charge is 0.481 e. The lowest BCUT2D eigenvalue weighted by atomic mass is 10.1. The fourth-order valence-electron chi connectivity index (χ4n) is 1.45. The predicted molar refractivity (Wildman–Crippen MR) is 72.1 cm³/mol. The summed E-state index contributed by atoms with van der Waals surface area (Å²) in [6.07, 6.45) is 0.609. The molecule has 0 heterocycles. The number of nitrogens with one attached hydrogen (secondary N) is 1. The number of aryl methyl sites for hydroxylation is 1. The van der Waals surface area contributed by atoms with Crippen molar-refractivity contribution < 1.29 is 19.4 Å². The number of carboxylic acid groups (broad SMARTS) is 1. The van der Waals surface area contributed by atoms with E-state index in [0.29, 0.717) is 12.1 Å². The van der Waals surface area contributed by atoms with Crippen molar-refractivity contribution in [3.63, 3.8) is 0 Å². The molecule has 5 heteroatoms. The Kier molecular flexibility index (Phi) is 6.02. The molecule has 0 fully saturated rings. The summed E-state index contributed by atoms with van der Waals surface area (Å²) in [5, 5.41) is 11.3. The van der Waals surface area contributed by atoms with E-state index in [1.165, 1.54) is 0 Å². The number of amides is 1. The Labute approximate surface area is 112 Å². The number of carbonyl (C=O) groups excluding carboxylic acids is 1. The summed E-state index contributed by atoms with van der Waals surface area (Å²) in [7, 11) is 0. The number of carboxylic acids is 1. The summed E-state index contributed by atoms with van der Waals surface area (Å²) in [4.78, 5) is 21.9. The molecule has 1 aromatic rings. The van der Waals surface area contributed by atoms with Crippen molar-refractivity contribution in [2.24, 2.45) is 0 Å². The maximum absolute atomic E-state index is 11.5. The van der Waals surface area contributed by atoms with Crippen molar-refractivity contribution in [1.82, 2.24) is 0 Å². The van der Waals surface area contributed by atoms with E-state index in [1.54, 1.807) is 12.1 Å². The monoisotopic (exact) mass is 265 g/mol. The average Bonchev–Trinajstić information content (AvgIpc) is 2.35. The first-order valence-corrected chi connectivity index (χ1v) is 6.19. The normalized spacial score (nSPS) is 10.5. The average molecular weight is 265 g/mol. The molecule has 0 radical (unpaired) electrons. The molecule has 0 aromatic heterocycles. The Bertz CT molecular complexity index is 426. The molecule has 104 valence electrons. The van der Waals surface area contributed by atoms with Crippen LogP contribution in [0.25, 0.3) is 0 Å². The van der Waals surface area contributed by atoms with Gasteiger partial charge in [0.05, 0.1) is 6.10 Å². The molecular weight excluding hydrogens is 246 g/mol. The number of ether oxygens (including phenoxy) is 1. The predicted octanol–water partition coefficient (Wildman–Crippen LogP) is 2.07. The van der Waals surface area contributed by atoms with Crippen molar-refractivity contribution in [2.45, 2.75) is 32.8 Å². The third kappa shape index (κ3) is 6.57.